The van der Waals surface area contributed by atoms with E-state index in [1.54, 1.807) is 22.9 Å². The van der Waals surface area contributed by atoms with Gasteiger partial charge < -0.3 is 30.5 Å². The van der Waals surface area contributed by atoms with Crippen molar-refractivity contribution in [2.24, 2.45) is 5.92 Å². The number of amides is 3. The number of ether oxygens (including phenoxy) is 2. The molecule has 3 atom stereocenters. The topological polar surface area (TPSA) is 186 Å². The molecule has 1 aromatic carbocycles. The molecular formula is C36H53N9O6. The predicted octanol–water partition coefficient (Wildman–Crippen LogP) is 2.59. The lowest BCUT2D eigenvalue weighted by Crippen LogP contribution is -2.57. The number of aryl methyl sites for hydroxylation is 1. The van der Waals surface area contributed by atoms with E-state index in [1.807, 2.05) is 32.4 Å². The number of methoxy groups -OCH3 is 1. The van der Waals surface area contributed by atoms with Gasteiger partial charge >= 0.3 is 0 Å². The van der Waals surface area contributed by atoms with Crippen molar-refractivity contribution < 1.29 is 29.0 Å². The van der Waals surface area contributed by atoms with Crippen molar-refractivity contribution >= 4 is 17.7 Å². The maximum absolute atomic E-state index is 13.5. The van der Waals surface area contributed by atoms with Crippen LogP contribution in [0.2, 0.25) is 0 Å². The number of rotatable bonds is 7. The zero-order valence-corrected chi connectivity index (χ0v) is 30.6. The summed E-state index contributed by atoms with van der Waals surface area (Å²) in [5, 5.41) is 27.4. The number of hydrogen-bond acceptors (Lipinski definition) is 11. The number of nitrogens with one attached hydrogen (secondary N) is 3. The molecule has 278 valence electrons. The second-order valence-corrected chi connectivity index (χ2v) is 13.7. The zero-order valence-electron chi connectivity index (χ0n) is 30.6. The van der Waals surface area contributed by atoms with Crippen LogP contribution in [-0.2, 0) is 29.3 Å². The van der Waals surface area contributed by atoms with Crippen LogP contribution in [0.5, 0.6) is 11.5 Å². The summed E-state index contributed by atoms with van der Waals surface area (Å²) in [7, 11) is 1.51. The Kier molecular flexibility index (Phi) is 14.7. The Balaban J connectivity index is 1.55. The molecule has 1 aliphatic rings. The maximum atomic E-state index is 13.5. The summed E-state index contributed by atoms with van der Waals surface area (Å²) in [5.41, 5.74) is 1.88. The Morgan fingerprint density at radius 2 is 1.73 bits per heavy atom. The monoisotopic (exact) mass is 707 g/mol. The van der Waals surface area contributed by atoms with Gasteiger partial charge in [0.2, 0.25) is 11.8 Å². The lowest BCUT2D eigenvalue weighted by molar-refractivity contribution is -0.132. The first-order valence-corrected chi connectivity index (χ1v) is 17.7. The molecule has 4 bridgehead atoms. The van der Waals surface area contributed by atoms with Crippen LogP contribution in [0.4, 0.5) is 0 Å². The van der Waals surface area contributed by atoms with Gasteiger partial charge in [0.1, 0.15) is 30.2 Å². The van der Waals surface area contributed by atoms with Crippen LogP contribution in [0.15, 0.2) is 36.8 Å². The van der Waals surface area contributed by atoms with Crippen molar-refractivity contribution in [3.8, 4) is 11.5 Å². The highest BCUT2D eigenvalue weighted by atomic mass is 16.5. The Hall–Kier alpha value is -4.63. The van der Waals surface area contributed by atoms with Gasteiger partial charge in [-0.05, 0) is 63.3 Å². The molecule has 0 saturated heterocycles. The highest BCUT2D eigenvalue weighted by Gasteiger charge is 2.30. The van der Waals surface area contributed by atoms with Gasteiger partial charge in [0, 0.05) is 55.6 Å². The third-order valence-corrected chi connectivity index (χ3v) is 8.49. The molecule has 0 fully saturated rings. The number of aliphatic hydroxyl groups is 1. The molecule has 3 heterocycles. The zero-order chi connectivity index (χ0) is 36.9. The smallest absolute Gasteiger partial charge is 0.252 e. The SMILES string of the molecule is COc1ccc2cc1OCc1cn(nn1)CCCN(Cc1cnc(C(C)C)nc1)CCCCNC(=O)[C@H]([C@@H](C)O)NC(=O)[C@@H](CC(C)C)NC2=O. The molecule has 0 spiro atoms. The number of hydrogen-bond donors (Lipinski definition) is 4. The lowest BCUT2D eigenvalue weighted by Gasteiger charge is -2.26. The first kappa shape index (κ1) is 39.2. The van der Waals surface area contributed by atoms with E-state index in [4.69, 9.17) is 9.47 Å². The van der Waals surface area contributed by atoms with Gasteiger partial charge in [-0.3, -0.25) is 24.0 Å². The maximum Gasteiger partial charge on any atom is 0.252 e. The van der Waals surface area contributed by atoms with E-state index >= 15 is 0 Å². The summed E-state index contributed by atoms with van der Waals surface area (Å²) in [6.07, 6.45) is 7.04. The van der Waals surface area contributed by atoms with Gasteiger partial charge in [0.25, 0.3) is 5.91 Å². The molecule has 4 N–H and O–H groups in total. The van der Waals surface area contributed by atoms with E-state index < -0.39 is 35.9 Å². The lowest BCUT2D eigenvalue weighted by atomic mass is 10.0. The van der Waals surface area contributed by atoms with Crippen molar-refractivity contribution in [2.45, 2.75) is 104 Å². The fraction of sp³-hybridized carbons (Fsp3) is 0.583. The van der Waals surface area contributed by atoms with E-state index in [0.717, 1.165) is 37.3 Å². The molecule has 3 amide bonds. The molecule has 0 radical (unpaired) electrons. The second kappa shape index (κ2) is 19.1. The highest BCUT2D eigenvalue weighted by Crippen LogP contribution is 2.29. The van der Waals surface area contributed by atoms with E-state index in [-0.39, 0.29) is 24.0 Å². The second-order valence-electron chi connectivity index (χ2n) is 13.7. The summed E-state index contributed by atoms with van der Waals surface area (Å²) in [6, 6.07) is 2.58. The summed E-state index contributed by atoms with van der Waals surface area (Å²) < 4.78 is 13.3. The van der Waals surface area contributed by atoms with E-state index in [1.165, 1.54) is 14.0 Å². The summed E-state index contributed by atoms with van der Waals surface area (Å²) in [6.45, 7) is 12.8. The molecule has 1 aliphatic heterocycles. The van der Waals surface area contributed by atoms with Crippen LogP contribution in [0, 0.1) is 5.92 Å². The van der Waals surface area contributed by atoms with E-state index in [0.29, 0.717) is 49.7 Å². The summed E-state index contributed by atoms with van der Waals surface area (Å²) >= 11 is 0. The average Bonchev–Trinajstić information content (AvgIpc) is 3.55. The fourth-order valence-electron chi connectivity index (χ4n) is 5.71. The van der Waals surface area contributed by atoms with Gasteiger partial charge in [-0.15, -0.1) is 5.10 Å². The molecule has 3 aromatic rings. The van der Waals surface area contributed by atoms with Crippen LogP contribution in [-0.4, -0.2) is 97.6 Å². The molecule has 15 heteroatoms. The summed E-state index contributed by atoms with van der Waals surface area (Å²) in [4.78, 5) is 51.5. The van der Waals surface area contributed by atoms with Crippen molar-refractivity contribution in [1.82, 2.24) is 45.8 Å². The fourth-order valence-corrected chi connectivity index (χ4v) is 5.71. The normalized spacial score (nSPS) is 19.7. The van der Waals surface area contributed by atoms with Crippen LogP contribution in [0.25, 0.3) is 0 Å². The van der Waals surface area contributed by atoms with E-state index in [2.05, 4.69) is 55.0 Å². The Labute approximate surface area is 299 Å². The molecular weight excluding hydrogens is 654 g/mol. The molecule has 15 nitrogen and oxygen atoms in total. The van der Waals surface area contributed by atoms with Gasteiger partial charge in [-0.1, -0.05) is 32.9 Å². The average molecular weight is 708 g/mol. The molecule has 51 heavy (non-hydrogen) atoms. The predicted molar refractivity (Wildman–Crippen MR) is 190 cm³/mol. The van der Waals surface area contributed by atoms with Crippen LogP contribution in [0.1, 0.15) is 93.7 Å². The number of carbonyl (C=O) groups excluding carboxylic acids is 3. The Bertz CT molecular complexity index is 1580. The highest BCUT2D eigenvalue weighted by molar-refractivity contribution is 5.99. The largest absolute Gasteiger partial charge is 0.493 e. The number of aromatic nitrogens is 5. The first-order valence-electron chi connectivity index (χ1n) is 17.7. The number of fused-ring (bicyclic) bond motifs is 4. The van der Waals surface area contributed by atoms with Crippen molar-refractivity contribution in [3.63, 3.8) is 0 Å². The molecule has 0 aliphatic carbocycles. The number of carbonyl (C=O) groups is 3. The van der Waals surface area contributed by atoms with E-state index in [9.17, 15) is 19.5 Å². The number of aliphatic hydroxyl groups excluding tert-OH is 1. The van der Waals surface area contributed by atoms with Crippen molar-refractivity contribution in [1.29, 1.82) is 0 Å². The van der Waals surface area contributed by atoms with Crippen LogP contribution < -0.4 is 25.4 Å². The first-order chi connectivity index (χ1) is 24.4. The van der Waals surface area contributed by atoms with Gasteiger partial charge in [0.15, 0.2) is 11.5 Å². The third kappa shape index (κ3) is 12.0. The third-order valence-electron chi connectivity index (χ3n) is 8.49. The Morgan fingerprint density at radius 1 is 0.980 bits per heavy atom. The molecule has 4 rings (SSSR count). The quantitative estimate of drug-likeness (QED) is 0.283. The molecule has 2 aromatic heterocycles. The number of benzene rings is 1. The van der Waals surface area contributed by atoms with Gasteiger partial charge in [0.05, 0.1) is 19.4 Å². The Morgan fingerprint density at radius 3 is 2.41 bits per heavy atom. The summed E-state index contributed by atoms with van der Waals surface area (Å²) in [5.74, 6) is 0.279. The number of nitrogens with zero attached hydrogens (tertiary/aromatic N) is 6. The minimum absolute atomic E-state index is 0.0430. The van der Waals surface area contributed by atoms with Crippen LogP contribution in [0.3, 0.4) is 0 Å². The minimum Gasteiger partial charge on any atom is -0.493 e. The van der Waals surface area contributed by atoms with Crippen molar-refractivity contribution in [3.05, 3.63) is 59.4 Å². The van der Waals surface area contributed by atoms with Crippen LogP contribution >= 0.6 is 0 Å². The van der Waals surface area contributed by atoms with Crippen molar-refractivity contribution in [2.75, 3.05) is 26.7 Å². The molecule has 0 saturated carbocycles. The standard InChI is InChI=1S/C36H53N9O6/c1-23(2)16-29-35(48)41-32(25(5)46)36(49)37-12-7-8-13-44(20-26-18-38-33(24(3)4)39-19-26)14-9-15-45-21-28(42-43-45)22-51-31-17-27(34(47)40-29)10-11-30(31)50-6/h10-11,17-19,21,23-25,29,32,46H,7-9,12-16,20,22H2,1-6H3,(H,37,49)(H,40,47)(H,41,48)/t25-,29-,32+/m1/s1. The minimum atomic E-state index is -1.20. The van der Waals surface area contributed by atoms with Gasteiger partial charge in [-0.2, -0.15) is 0 Å². The van der Waals surface area contributed by atoms with Gasteiger partial charge in [-0.25, -0.2) is 9.97 Å². The molecule has 0 unspecified atom stereocenters.